The minimum absolute atomic E-state index is 0.0651. The molecule has 1 aromatic carbocycles. The number of nitrogens with one attached hydrogen (secondary N) is 2. The van der Waals surface area contributed by atoms with Crippen molar-refractivity contribution in [3.8, 4) is 0 Å². The lowest BCUT2D eigenvalue weighted by Crippen LogP contribution is -2.27. The van der Waals surface area contributed by atoms with Gasteiger partial charge in [0.05, 0.1) is 6.54 Å². The molecule has 1 aromatic heterocycles. The standard InChI is InChI=1S/C15H16BrN3O/c1-11-4-5-13(7-14(11)16)19-15(20)10-18-9-12-3-2-6-17-8-12/h2-8,18H,9-10H2,1H3,(H,19,20). The van der Waals surface area contributed by atoms with Crippen LogP contribution in [0.3, 0.4) is 0 Å². The number of hydrogen-bond acceptors (Lipinski definition) is 3. The smallest absolute Gasteiger partial charge is 0.238 e. The molecular formula is C15H16BrN3O. The molecule has 4 nitrogen and oxygen atoms in total. The fourth-order valence-corrected chi connectivity index (χ4v) is 2.08. The van der Waals surface area contributed by atoms with Crippen molar-refractivity contribution in [3.05, 3.63) is 58.3 Å². The highest BCUT2D eigenvalue weighted by molar-refractivity contribution is 9.10. The Bertz CT molecular complexity index is 587. The summed E-state index contributed by atoms with van der Waals surface area (Å²) in [5.74, 6) is -0.0651. The summed E-state index contributed by atoms with van der Waals surface area (Å²) in [5, 5.41) is 5.93. The van der Waals surface area contributed by atoms with Gasteiger partial charge in [0.1, 0.15) is 0 Å². The minimum Gasteiger partial charge on any atom is -0.325 e. The van der Waals surface area contributed by atoms with Gasteiger partial charge in [-0.25, -0.2) is 0 Å². The van der Waals surface area contributed by atoms with Crippen molar-refractivity contribution in [1.82, 2.24) is 10.3 Å². The van der Waals surface area contributed by atoms with Crippen LogP contribution >= 0.6 is 15.9 Å². The predicted molar refractivity (Wildman–Crippen MR) is 83.5 cm³/mol. The van der Waals surface area contributed by atoms with Gasteiger partial charge in [-0.2, -0.15) is 0 Å². The Morgan fingerprint density at radius 3 is 2.90 bits per heavy atom. The summed E-state index contributed by atoms with van der Waals surface area (Å²) < 4.78 is 0.985. The summed E-state index contributed by atoms with van der Waals surface area (Å²) in [6.07, 6.45) is 3.51. The summed E-state index contributed by atoms with van der Waals surface area (Å²) in [6, 6.07) is 9.59. The van der Waals surface area contributed by atoms with E-state index in [1.54, 1.807) is 12.4 Å². The van der Waals surface area contributed by atoms with E-state index in [0.29, 0.717) is 6.54 Å². The average Bonchev–Trinajstić information content (AvgIpc) is 2.44. The van der Waals surface area contributed by atoms with E-state index < -0.39 is 0 Å². The van der Waals surface area contributed by atoms with Gasteiger partial charge in [0.2, 0.25) is 5.91 Å². The number of anilines is 1. The molecule has 1 heterocycles. The van der Waals surface area contributed by atoms with Crippen LogP contribution < -0.4 is 10.6 Å². The normalized spacial score (nSPS) is 10.3. The van der Waals surface area contributed by atoms with E-state index in [0.717, 1.165) is 21.3 Å². The summed E-state index contributed by atoms with van der Waals surface area (Å²) in [7, 11) is 0. The molecular weight excluding hydrogens is 318 g/mol. The number of carbonyl (C=O) groups excluding carboxylic acids is 1. The third kappa shape index (κ3) is 4.43. The first-order chi connectivity index (χ1) is 9.65. The number of aromatic nitrogens is 1. The molecule has 2 aromatic rings. The molecule has 0 atom stereocenters. The van der Waals surface area contributed by atoms with E-state index in [-0.39, 0.29) is 12.5 Å². The second kappa shape index (κ2) is 7.17. The fourth-order valence-electron chi connectivity index (χ4n) is 1.70. The third-order valence-corrected chi connectivity index (χ3v) is 3.65. The molecule has 0 spiro atoms. The lowest BCUT2D eigenvalue weighted by atomic mass is 10.2. The minimum atomic E-state index is -0.0651. The number of rotatable bonds is 5. The number of nitrogens with zero attached hydrogens (tertiary/aromatic N) is 1. The number of pyridine rings is 1. The van der Waals surface area contributed by atoms with Gasteiger partial charge in [0.25, 0.3) is 0 Å². The highest BCUT2D eigenvalue weighted by atomic mass is 79.9. The van der Waals surface area contributed by atoms with Crippen LogP contribution in [0.25, 0.3) is 0 Å². The Balaban J connectivity index is 1.79. The molecule has 0 radical (unpaired) electrons. The summed E-state index contributed by atoms with van der Waals surface area (Å²) >= 11 is 3.45. The number of hydrogen-bond donors (Lipinski definition) is 2. The number of aryl methyl sites for hydroxylation is 1. The lowest BCUT2D eigenvalue weighted by Gasteiger charge is -2.08. The van der Waals surface area contributed by atoms with Crippen LogP contribution in [0.1, 0.15) is 11.1 Å². The maximum Gasteiger partial charge on any atom is 0.238 e. The first-order valence-corrected chi connectivity index (χ1v) is 7.10. The van der Waals surface area contributed by atoms with Crippen LogP contribution in [0, 0.1) is 6.92 Å². The summed E-state index contributed by atoms with van der Waals surface area (Å²) in [4.78, 5) is 15.8. The van der Waals surface area contributed by atoms with Crippen molar-refractivity contribution >= 4 is 27.5 Å². The Labute approximate surface area is 126 Å². The molecule has 0 aliphatic heterocycles. The van der Waals surface area contributed by atoms with Crippen LogP contribution in [0.2, 0.25) is 0 Å². The van der Waals surface area contributed by atoms with Gasteiger partial charge in [-0.3, -0.25) is 9.78 Å². The molecule has 2 N–H and O–H groups in total. The highest BCUT2D eigenvalue weighted by Crippen LogP contribution is 2.20. The largest absolute Gasteiger partial charge is 0.325 e. The van der Waals surface area contributed by atoms with Crippen LogP contribution in [0.5, 0.6) is 0 Å². The molecule has 104 valence electrons. The van der Waals surface area contributed by atoms with E-state index in [1.807, 2.05) is 37.3 Å². The van der Waals surface area contributed by atoms with E-state index in [1.165, 1.54) is 0 Å². The number of halogens is 1. The molecule has 0 saturated carbocycles. The fraction of sp³-hybridized carbons (Fsp3) is 0.200. The Hall–Kier alpha value is -1.72. The van der Waals surface area contributed by atoms with Gasteiger partial charge in [-0.15, -0.1) is 0 Å². The molecule has 20 heavy (non-hydrogen) atoms. The maximum absolute atomic E-state index is 11.8. The second-order valence-electron chi connectivity index (χ2n) is 4.48. The Morgan fingerprint density at radius 2 is 2.20 bits per heavy atom. The molecule has 0 saturated heterocycles. The number of carbonyl (C=O) groups is 1. The molecule has 0 unspecified atom stereocenters. The van der Waals surface area contributed by atoms with Gasteiger partial charge in [-0.05, 0) is 36.2 Å². The molecule has 0 fully saturated rings. The van der Waals surface area contributed by atoms with Crippen molar-refractivity contribution in [1.29, 1.82) is 0 Å². The third-order valence-electron chi connectivity index (χ3n) is 2.79. The zero-order valence-electron chi connectivity index (χ0n) is 11.2. The highest BCUT2D eigenvalue weighted by Gasteiger charge is 2.03. The number of benzene rings is 1. The molecule has 5 heteroatoms. The summed E-state index contributed by atoms with van der Waals surface area (Å²) in [6.45, 7) is 2.89. The summed E-state index contributed by atoms with van der Waals surface area (Å²) in [5.41, 5.74) is 2.98. The molecule has 0 aliphatic rings. The molecule has 1 amide bonds. The van der Waals surface area contributed by atoms with E-state index in [4.69, 9.17) is 0 Å². The van der Waals surface area contributed by atoms with Gasteiger partial charge >= 0.3 is 0 Å². The Morgan fingerprint density at radius 1 is 1.35 bits per heavy atom. The maximum atomic E-state index is 11.8. The van der Waals surface area contributed by atoms with Crippen molar-refractivity contribution in [2.24, 2.45) is 0 Å². The van der Waals surface area contributed by atoms with Gasteiger partial charge < -0.3 is 10.6 Å². The van der Waals surface area contributed by atoms with Crippen LogP contribution in [-0.4, -0.2) is 17.4 Å². The predicted octanol–water partition coefficient (Wildman–Crippen LogP) is 2.88. The van der Waals surface area contributed by atoms with Crippen molar-refractivity contribution in [3.63, 3.8) is 0 Å². The average molecular weight is 334 g/mol. The van der Waals surface area contributed by atoms with Crippen molar-refractivity contribution in [2.45, 2.75) is 13.5 Å². The Kier molecular flexibility index (Phi) is 5.26. The first kappa shape index (κ1) is 14.7. The van der Waals surface area contributed by atoms with E-state index in [9.17, 15) is 4.79 Å². The van der Waals surface area contributed by atoms with Crippen LogP contribution in [-0.2, 0) is 11.3 Å². The van der Waals surface area contributed by atoms with Crippen LogP contribution in [0.15, 0.2) is 47.2 Å². The quantitative estimate of drug-likeness (QED) is 0.884. The van der Waals surface area contributed by atoms with Crippen molar-refractivity contribution < 1.29 is 4.79 Å². The van der Waals surface area contributed by atoms with Gasteiger partial charge in [0.15, 0.2) is 0 Å². The van der Waals surface area contributed by atoms with E-state index in [2.05, 4.69) is 31.5 Å². The number of amides is 1. The lowest BCUT2D eigenvalue weighted by molar-refractivity contribution is -0.115. The topological polar surface area (TPSA) is 54.0 Å². The zero-order chi connectivity index (χ0) is 14.4. The SMILES string of the molecule is Cc1ccc(NC(=O)CNCc2cccnc2)cc1Br. The first-order valence-electron chi connectivity index (χ1n) is 6.31. The van der Waals surface area contributed by atoms with Crippen molar-refractivity contribution in [2.75, 3.05) is 11.9 Å². The molecule has 2 rings (SSSR count). The van der Waals surface area contributed by atoms with Crippen LogP contribution in [0.4, 0.5) is 5.69 Å². The second-order valence-corrected chi connectivity index (χ2v) is 5.33. The van der Waals surface area contributed by atoms with Gasteiger partial charge in [-0.1, -0.05) is 28.1 Å². The monoisotopic (exact) mass is 333 g/mol. The molecule has 0 bridgehead atoms. The zero-order valence-corrected chi connectivity index (χ0v) is 12.8. The molecule has 0 aliphatic carbocycles. The van der Waals surface area contributed by atoms with Gasteiger partial charge in [0, 0.05) is 29.1 Å². The van der Waals surface area contributed by atoms with E-state index >= 15 is 0 Å².